The van der Waals surface area contributed by atoms with Crippen LogP contribution in [-0.4, -0.2) is 34.0 Å². The van der Waals surface area contributed by atoms with Crippen LogP contribution >= 0.6 is 11.6 Å². The van der Waals surface area contributed by atoms with Crippen LogP contribution < -0.4 is 16.4 Å². The maximum Gasteiger partial charge on any atom is 0.251 e. The first-order valence-corrected chi connectivity index (χ1v) is 9.58. The lowest BCUT2D eigenvalue weighted by Crippen LogP contribution is -2.33. The Kier molecular flexibility index (Phi) is 7.97. The summed E-state index contributed by atoms with van der Waals surface area (Å²) in [5, 5.41) is 9.96. The number of carbonyl (C=O) groups excluding carboxylic acids is 3. The molecule has 3 amide bonds. The van der Waals surface area contributed by atoms with Crippen LogP contribution in [0.4, 0.5) is 5.69 Å². The maximum atomic E-state index is 12.3. The molecule has 0 saturated heterocycles. The number of unbranched alkanes of at least 4 members (excludes halogenated alkanes) is 1. The van der Waals surface area contributed by atoms with Gasteiger partial charge in [0.1, 0.15) is 5.15 Å². The van der Waals surface area contributed by atoms with E-state index < -0.39 is 11.8 Å². The number of nitrogens with one attached hydrogen (secondary N) is 2. The Hall–Kier alpha value is -3.13. The number of aromatic nitrogens is 2. The third-order valence-corrected chi connectivity index (χ3v) is 4.45. The number of rotatable bonds is 9. The van der Waals surface area contributed by atoms with Crippen molar-refractivity contribution in [3.05, 3.63) is 52.3 Å². The molecule has 2 aromatic rings. The first-order chi connectivity index (χ1) is 13.8. The molecule has 0 aliphatic carbocycles. The Balaban J connectivity index is 2.04. The molecule has 1 aromatic heterocycles. The van der Waals surface area contributed by atoms with Gasteiger partial charge in [0.2, 0.25) is 11.8 Å². The molecule has 8 nitrogen and oxygen atoms in total. The van der Waals surface area contributed by atoms with E-state index in [2.05, 4.69) is 22.7 Å². The summed E-state index contributed by atoms with van der Waals surface area (Å²) in [6.45, 7) is 4.39. The fourth-order valence-corrected chi connectivity index (χ4v) is 2.89. The molecule has 2 rings (SSSR count). The van der Waals surface area contributed by atoms with E-state index in [1.165, 1.54) is 12.1 Å². The lowest BCUT2D eigenvalue weighted by Gasteiger charge is -2.06. The summed E-state index contributed by atoms with van der Waals surface area (Å²) in [6, 6.07) is 6.34. The van der Waals surface area contributed by atoms with Crippen molar-refractivity contribution in [3.8, 4) is 0 Å². The van der Waals surface area contributed by atoms with Crippen LogP contribution in [-0.2, 0) is 16.1 Å². The number of amides is 3. The highest BCUT2D eigenvalue weighted by Crippen LogP contribution is 2.22. The summed E-state index contributed by atoms with van der Waals surface area (Å²) in [4.78, 5) is 35.0. The highest BCUT2D eigenvalue weighted by molar-refractivity contribution is 6.31. The van der Waals surface area contributed by atoms with E-state index in [-0.39, 0.29) is 12.5 Å². The van der Waals surface area contributed by atoms with Gasteiger partial charge in [0.05, 0.1) is 12.2 Å². The van der Waals surface area contributed by atoms with Crippen molar-refractivity contribution in [3.63, 3.8) is 0 Å². The van der Waals surface area contributed by atoms with Gasteiger partial charge < -0.3 is 16.4 Å². The zero-order valence-electron chi connectivity index (χ0n) is 16.4. The Bertz CT molecular complexity index is 936. The van der Waals surface area contributed by atoms with Gasteiger partial charge >= 0.3 is 0 Å². The monoisotopic (exact) mass is 417 g/mol. The number of benzene rings is 1. The van der Waals surface area contributed by atoms with Crippen molar-refractivity contribution in [2.75, 3.05) is 11.9 Å². The lowest BCUT2D eigenvalue weighted by molar-refractivity contribution is -0.117. The number of anilines is 1. The number of nitrogens with zero attached hydrogens (tertiary/aromatic N) is 2. The molecule has 0 bridgehead atoms. The van der Waals surface area contributed by atoms with Crippen LogP contribution in [0.1, 0.15) is 41.4 Å². The van der Waals surface area contributed by atoms with Gasteiger partial charge in [0.15, 0.2) is 0 Å². The highest BCUT2D eigenvalue weighted by atomic mass is 35.5. The third kappa shape index (κ3) is 6.46. The van der Waals surface area contributed by atoms with Gasteiger partial charge in [-0.1, -0.05) is 31.0 Å². The molecule has 9 heteroatoms. The zero-order chi connectivity index (χ0) is 21.4. The van der Waals surface area contributed by atoms with E-state index in [1.807, 2.05) is 6.92 Å². The summed E-state index contributed by atoms with van der Waals surface area (Å²) in [5.41, 5.74) is 7.17. The first kappa shape index (κ1) is 22.2. The minimum Gasteiger partial charge on any atom is -0.368 e. The van der Waals surface area contributed by atoms with Gasteiger partial charge in [-0.25, -0.2) is 0 Å². The molecule has 0 unspecified atom stereocenters. The molecule has 1 heterocycles. The summed E-state index contributed by atoms with van der Waals surface area (Å²) >= 11 is 6.36. The van der Waals surface area contributed by atoms with Crippen molar-refractivity contribution in [1.82, 2.24) is 15.1 Å². The van der Waals surface area contributed by atoms with Gasteiger partial charge in [-0.05, 0) is 37.6 Å². The summed E-state index contributed by atoms with van der Waals surface area (Å²) in [5.74, 6) is -1.48. The molecular weight excluding hydrogens is 394 g/mol. The van der Waals surface area contributed by atoms with Crippen LogP contribution in [0.15, 0.2) is 30.3 Å². The predicted octanol–water partition coefficient (Wildman–Crippen LogP) is 2.51. The molecule has 0 atom stereocenters. The van der Waals surface area contributed by atoms with Crippen molar-refractivity contribution in [2.24, 2.45) is 5.73 Å². The normalized spacial score (nSPS) is 10.9. The van der Waals surface area contributed by atoms with Crippen molar-refractivity contribution in [2.45, 2.75) is 33.2 Å². The second-order valence-corrected chi connectivity index (χ2v) is 6.78. The van der Waals surface area contributed by atoms with E-state index in [1.54, 1.807) is 29.0 Å². The number of nitrogens with two attached hydrogens (primary N) is 1. The van der Waals surface area contributed by atoms with Gasteiger partial charge in [-0.15, -0.1) is 0 Å². The minimum atomic E-state index is -0.639. The Morgan fingerprint density at radius 2 is 2.07 bits per heavy atom. The van der Waals surface area contributed by atoms with E-state index in [0.717, 1.165) is 25.1 Å². The average Bonchev–Trinajstić information content (AvgIpc) is 2.95. The Morgan fingerprint density at radius 1 is 1.31 bits per heavy atom. The number of carbonyl (C=O) groups is 3. The van der Waals surface area contributed by atoms with Crippen LogP contribution in [0.3, 0.4) is 0 Å². The number of hydrogen-bond acceptors (Lipinski definition) is 4. The summed E-state index contributed by atoms with van der Waals surface area (Å²) in [6.07, 6.45) is 4.97. The van der Waals surface area contributed by atoms with E-state index in [4.69, 9.17) is 17.3 Å². The SMILES string of the molecule is CCCCn1nc(C)c(/C=C/C(=O)Nc2cccc(C(=O)NCC(N)=O)c2)c1Cl. The van der Waals surface area contributed by atoms with Crippen LogP contribution in [0.5, 0.6) is 0 Å². The average molecular weight is 418 g/mol. The topological polar surface area (TPSA) is 119 Å². The smallest absolute Gasteiger partial charge is 0.251 e. The predicted molar refractivity (Wildman–Crippen MR) is 113 cm³/mol. The molecular formula is C20H24ClN5O3. The molecule has 0 aliphatic rings. The molecule has 0 spiro atoms. The molecule has 1 aromatic carbocycles. The molecule has 4 N–H and O–H groups in total. The quantitative estimate of drug-likeness (QED) is 0.543. The van der Waals surface area contributed by atoms with Gasteiger partial charge in [-0.2, -0.15) is 5.10 Å². The third-order valence-electron chi connectivity index (χ3n) is 4.05. The Labute approximate surface area is 174 Å². The number of hydrogen-bond donors (Lipinski definition) is 3. The van der Waals surface area contributed by atoms with Gasteiger partial charge in [0, 0.05) is 29.4 Å². The number of aryl methyl sites for hydroxylation is 2. The molecule has 154 valence electrons. The fraction of sp³-hybridized carbons (Fsp3) is 0.300. The standard InChI is InChI=1S/C20H24ClN5O3/c1-3-4-10-26-19(21)16(13(2)25-26)8-9-18(28)24-15-7-5-6-14(11-15)20(29)23-12-17(22)27/h5-9,11H,3-4,10,12H2,1-2H3,(H2,22,27)(H,23,29)(H,24,28)/b9-8+. The van der Waals surface area contributed by atoms with Crippen LogP contribution in [0.25, 0.3) is 6.08 Å². The zero-order valence-corrected chi connectivity index (χ0v) is 17.1. The van der Waals surface area contributed by atoms with E-state index in [9.17, 15) is 14.4 Å². The largest absolute Gasteiger partial charge is 0.368 e. The van der Waals surface area contributed by atoms with Crippen LogP contribution in [0.2, 0.25) is 5.15 Å². The summed E-state index contributed by atoms with van der Waals surface area (Å²) < 4.78 is 1.73. The van der Waals surface area contributed by atoms with E-state index in [0.29, 0.717) is 22.0 Å². The van der Waals surface area contributed by atoms with Crippen molar-refractivity contribution >= 4 is 41.1 Å². The van der Waals surface area contributed by atoms with Crippen LogP contribution in [0, 0.1) is 6.92 Å². The molecule has 0 radical (unpaired) electrons. The first-order valence-electron chi connectivity index (χ1n) is 9.20. The second-order valence-electron chi connectivity index (χ2n) is 6.42. The van der Waals surface area contributed by atoms with Crippen molar-refractivity contribution in [1.29, 1.82) is 0 Å². The number of primary amides is 1. The van der Waals surface area contributed by atoms with Crippen molar-refractivity contribution < 1.29 is 14.4 Å². The highest BCUT2D eigenvalue weighted by Gasteiger charge is 2.11. The second kappa shape index (κ2) is 10.4. The molecule has 0 aliphatic heterocycles. The van der Waals surface area contributed by atoms with Gasteiger partial charge in [0.25, 0.3) is 5.91 Å². The molecule has 0 saturated carbocycles. The maximum absolute atomic E-state index is 12.3. The Morgan fingerprint density at radius 3 is 2.76 bits per heavy atom. The lowest BCUT2D eigenvalue weighted by atomic mass is 10.2. The van der Waals surface area contributed by atoms with Gasteiger partial charge in [-0.3, -0.25) is 19.1 Å². The minimum absolute atomic E-state index is 0.260. The number of halogens is 1. The molecule has 29 heavy (non-hydrogen) atoms. The fourth-order valence-electron chi connectivity index (χ4n) is 2.56. The summed E-state index contributed by atoms with van der Waals surface area (Å²) in [7, 11) is 0. The van der Waals surface area contributed by atoms with E-state index >= 15 is 0 Å². The molecule has 0 fully saturated rings.